The van der Waals surface area contributed by atoms with Crippen molar-refractivity contribution in [1.29, 1.82) is 0 Å². The molecule has 0 bridgehead atoms. The van der Waals surface area contributed by atoms with Crippen LogP contribution < -0.4 is 15.1 Å². The Hall–Kier alpha value is -3.22. The van der Waals surface area contributed by atoms with E-state index in [1.54, 1.807) is 0 Å². The van der Waals surface area contributed by atoms with Gasteiger partial charge in [0.15, 0.2) is 11.6 Å². The Morgan fingerprint density at radius 3 is 2.57 bits per heavy atom. The number of furan rings is 1. The number of anilines is 2. The number of ether oxygens (including phenoxy) is 1. The summed E-state index contributed by atoms with van der Waals surface area (Å²) < 4.78 is 54.2. The van der Waals surface area contributed by atoms with Crippen molar-refractivity contribution in [3.63, 3.8) is 0 Å². The van der Waals surface area contributed by atoms with E-state index in [0.717, 1.165) is 37.9 Å². The number of pyridine rings is 1. The Kier molecular flexibility index (Phi) is 6.34. The molecular weight excluding hydrogens is 479 g/mol. The number of aromatic nitrogens is 1. The molecule has 0 unspecified atom stereocenters. The third-order valence-electron chi connectivity index (χ3n) is 6.38. The predicted octanol–water partition coefficient (Wildman–Crippen LogP) is 3.42. The van der Waals surface area contributed by atoms with Gasteiger partial charge in [0, 0.05) is 30.6 Å². The number of amides is 1. The summed E-state index contributed by atoms with van der Waals surface area (Å²) in [5.41, 5.74) is 1.63. The Labute approximate surface area is 201 Å². The van der Waals surface area contributed by atoms with Gasteiger partial charge in [-0.25, -0.2) is 23.3 Å². The zero-order valence-electron chi connectivity index (χ0n) is 18.7. The highest BCUT2D eigenvalue weighted by Gasteiger charge is 2.28. The van der Waals surface area contributed by atoms with Gasteiger partial charge in [0.25, 0.3) is 10.0 Å². The van der Waals surface area contributed by atoms with Crippen molar-refractivity contribution < 1.29 is 32.0 Å². The summed E-state index contributed by atoms with van der Waals surface area (Å²) >= 11 is 0. The van der Waals surface area contributed by atoms with Gasteiger partial charge in [0.1, 0.15) is 11.4 Å². The number of carbonyl (C=O) groups excluding carboxylic acids is 1. The van der Waals surface area contributed by atoms with Gasteiger partial charge >= 0.3 is 5.91 Å². The first-order chi connectivity index (χ1) is 16.8. The van der Waals surface area contributed by atoms with E-state index in [1.807, 2.05) is 4.90 Å². The van der Waals surface area contributed by atoms with Crippen LogP contribution in [0.3, 0.4) is 0 Å². The van der Waals surface area contributed by atoms with E-state index >= 15 is 0 Å². The lowest BCUT2D eigenvalue weighted by atomic mass is 9.95. The number of nitrogens with zero attached hydrogens (tertiary/aromatic N) is 2. The first kappa shape index (κ1) is 23.5. The molecule has 3 aromatic rings. The maximum atomic E-state index is 14.1. The SMILES string of the molecule is O=C(NO)c1cc2ccc(S(=O)(=O)Nc3cc(F)cnc3N3CCC(OC4CCC4)CC3)cc2o1. The number of hydrogen-bond acceptors (Lipinski definition) is 8. The maximum absolute atomic E-state index is 14.1. The molecule has 12 heteroatoms. The highest BCUT2D eigenvalue weighted by Crippen LogP contribution is 2.32. The molecule has 0 radical (unpaired) electrons. The van der Waals surface area contributed by atoms with Crippen molar-refractivity contribution in [3.8, 4) is 0 Å². The molecule has 3 heterocycles. The number of halogens is 1. The fraction of sp³-hybridized carbons (Fsp3) is 0.391. The summed E-state index contributed by atoms with van der Waals surface area (Å²) in [5.74, 6) is -1.36. The van der Waals surface area contributed by atoms with E-state index in [2.05, 4.69) is 9.71 Å². The third kappa shape index (κ3) is 4.95. The average molecular weight is 505 g/mol. The summed E-state index contributed by atoms with van der Waals surface area (Å²) in [7, 11) is -4.14. The highest BCUT2D eigenvalue weighted by molar-refractivity contribution is 7.92. The van der Waals surface area contributed by atoms with Crippen LogP contribution in [-0.2, 0) is 14.8 Å². The second-order valence-corrected chi connectivity index (χ2v) is 10.4. The molecule has 0 atom stereocenters. The first-order valence-corrected chi connectivity index (χ1v) is 12.9. The summed E-state index contributed by atoms with van der Waals surface area (Å²) in [5, 5.41) is 9.25. The highest BCUT2D eigenvalue weighted by atomic mass is 32.2. The number of rotatable bonds is 7. The molecule has 186 valence electrons. The van der Waals surface area contributed by atoms with Crippen LogP contribution in [0, 0.1) is 5.82 Å². The van der Waals surface area contributed by atoms with Gasteiger partial charge in [-0.1, -0.05) is 0 Å². The maximum Gasteiger partial charge on any atom is 0.310 e. The van der Waals surface area contributed by atoms with Crippen molar-refractivity contribution in [1.82, 2.24) is 10.5 Å². The topological polar surface area (TPSA) is 134 Å². The molecule has 10 nitrogen and oxygen atoms in total. The van der Waals surface area contributed by atoms with Gasteiger partial charge < -0.3 is 14.1 Å². The average Bonchev–Trinajstić information content (AvgIpc) is 3.25. The summed E-state index contributed by atoms with van der Waals surface area (Å²) in [6.07, 6.45) is 6.54. The molecule has 1 aliphatic carbocycles. The van der Waals surface area contributed by atoms with Crippen molar-refractivity contribution in [3.05, 3.63) is 48.1 Å². The Morgan fingerprint density at radius 2 is 1.89 bits per heavy atom. The monoisotopic (exact) mass is 504 g/mol. The minimum Gasteiger partial charge on any atom is -0.451 e. The molecule has 2 fully saturated rings. The van der Waals surface area contributed by atoms with Gasteiger partial charge in [0.05, 0.1) is 29.0 Å². The van der Waals surface area contributed by atoms with Crippen LogP contribution >= 0.6 is 0 Å². The van der Waals surface area contributed by atoms with Gasteiger partial charge in [-0.05, 0) is 50.3 Å². The molecular formula is C23H25FN4O6S. The zero-order valence-corrected chi connectivity index (χ0v) is 19.6. The van der Waals surface area contributed by atoms with E-state index in [-0.39, 0.29) is 28.0 Å². The number of piperidine rings is 1. The van der Waals surface area contributed by atoms with Crippen LogP contribution in [0.1, 0.15) is 42.7 Å². The Balaban J connectivity index is 1.35. The van der Waals surface area contributed by atoms with Crippen LogP contribution in [0.2, 0.25) is 0 Å². The van der Waals surface area contributed by atoms with E-state index in [1.165, 1.54) is 36.2 Å². The number of fused-ring (bicyclic) bond motifs is 1. The lowest BCUT2D eigenvalue weighted by Gasteiger charge is -2.37. The lowest BCUT2D eigenvalue weighted by molar-refractivity contribution is -0.0596. The van der Waals surface area contributed by atoms with Gasteiger partial charge in [0.2, 0.25) is 0 Å². The van der Waals surface area contributed by atoms with Crippen LogP contribution in [0.4, 0.5) is 15.9 Å². The van der Waals surface area contributed by atoms with E-state index in [9.17, 15) is 17.6 Å². The van der Waals surface area contributed by atoms with Gasteiger partial charge in [-0.15, -0.1) is 0 Å². The normalized spacial score (nSPS) is 17.4. The number of nitrogens with one attached hydrogen (secondary N) is 2. The molecule has 35 heavy (non-hydrogen) atoms. The predicted molar refractivity (Wildman–Crippen MR) is 124 cm³/mol. The van der Waals surface area contributed by atoms with E-state index < -0.39 is 21.7 Å². The molecule has 2 aromatic heterocycles. The molecule has 2 aliphatic rings. The second-order valence-electron chi connectivity index (χ2n) is 8.76. The van der Waals surface area contributed by atoms with Crippen LogP contribution in [0.25, 0.3) is 11.0 Å². The van der Waals surface area contributed by atoms with Crippen LogP contribution in [0.15, 0.2) is 45.8 Å². The fourth-order valence-corrected chi connectivity index (χ4v) is 5.36. The number of hydroxylamine groups is 1. The summed E-state index contributed by atoms with van der Waals surface area (Å²) in [6, 6.07) is 6.54. The van der Waals surface area contributed by atoms with Crippen LogP contribution in [-0.4, -0.2) is 49.8 Å². The fourth-order valence-electron chi connectivity index (χ4n) is 4.29. The Morgan fingerprint density at radius 1 is 1.14 bits per heavy atom. The molecule has 0 spiro atoms. The van der Waals surface area contributed by atoms with Gasteiger partial charge in [-0.3, -0.25) is 14.7 Å². The second kappa shape index (κ2) is 9.44. The molecule has 1 aliphatic heterocycles. The van der Waals surface area contributed by atoms with Crippen molar-refractivity contribution in [2.24, 2.45) is 0 Å². The quantitative estimate of drug-likeness (QED) is 0.329. The largest absolute Gasteiger partial charge is 0.451 e. The summed E-state index contributed by atoms with van der Waals surface area (Å²) in [6.45, 7) is 1.22. The molecule has 1 amide bonds. The molecule has 5 rings (SSSR count). The van der Waals surface area contributed by atoms with Crippen LogP contribution in [0.5, 0.6) is 0 Å². The lowest BCUT2D eigenvalue weighted by Crippen LogP contribution is -2.40. The minimum absolute atomic E-state index is 0.0308. The standard InChI is InChI=1S/C23H25FN4O6S/c24-15-11-19(22(25-13-15)28-8-6-17(7-9-28)33-16-2-1-3-16)27-35(31,32)18-5-4-14-10-21(23(29)26-30)34-20(14)12-18/h4-5,10-13,16-17,27,30H,1-3,6-9H2,(H,26,29). The smallest absolute Gasteiger partial charge is 0.310 e. The number of sulfonamides is 1. The number of benzene rings is 1. The zero-order chi connectivity index (χ0) is 24.6. The van der Waals surface area contributed by atoms with E-state index in [4.69, 9.17) is 14.4 Å². The van der Waals surface area contributed by atoms with Crippen molar-refractivity contribution in [2.75, 3.05) is 22.7 Å². The number of carbonyl (C=O) groups is 1. The minimum atomic E-state index is -4.14. The van der Waals surface area contributed by atoms with Gasteiger partial charge in [-0.2, -0.15) is 0 Å². The molecule has 3 N–H and O–H groups in total. The summed E-state index contributed by atoms with van der Waals surface area (Å²) in [4.78, 5) is 17.5. The molecule has 1 saturated carbocycles. The molecule has 1 saturated heterocycles. The molecule has 1 aromatic carbocycles. The van der Waals surface area contributed by atoms with Crippen molar-refractivity contribution in [2.45, 2.75) is 49.2 Å². The van der Waals surface area contributed by atoms with E-state index in [0.29, 0.717) is 30.4 Å². The van der Waals surface area contributed by atoms with Crippen molar-refractivity contribution >= 4 is 38.4 Å². The number of hydrogen-bond donors (Lipinski definition) is 3. The first-order valence-electron chi connectivity index (χ1n) is 11.4. The third-order valence-corrected chi connectivity index (χ3v) is 7.75. The Bertz CT molecular complexity index is 1350.